The third-order valence-electron chi connectivity index (χ3n) is 2.32. The highest BCUT2D eigenvalue weighted by Crippen LogP contribution is 2.21. The Bertz CT molecular complexity index is 536. The fourth-order valence-corrected chi connectivity index (χ4v) is 1.51. The molecule has 94 valence electrons. The van der Waals surface area contributed by atoms with Crippen molar-refractivity contribution in [3.63, 3.8) is 0 Å². The van der Waals surface area contributed by atoms with Crippen molar-refractivity contribution in [3.05, 3.63) is 36.5 Å². The highest BCUT2D eigenvalue weighted by atomic mass is 16.5. The van der Waals surface area contributed by atoms with Gasteiger partial charge in [-0.05, 0) is 19.1 Å². The quantitative estimate of drug-likeness (QED) is 0.868. The van der Waals surface area contributed by atoms with Gasteiger partial charge in [-0.15, -0.1) is 0 Å². The van der Waals surface area contributed by atoms with Gasteiger partial charge >= 0.3 is 6.09 Å². The number of anilines is 2. The summed E-state index contributed by atoms with van der Waals surface area (Å²) < 4.78 is 6.32. The molecule has 0 saturated carbocycles. The van der Waals surface area contributed by atoms with E-state index < -0.39 is 6.09 Å². The summed E-state index contributed by atoms with van der Waals surface area (Å²) in [5.74, 6) is 0.356. The second kappa shape index (κ2) is 5.22. The molecule has 1 amide bonds. The van der Waals surface area contributed by atoms with Crippen molar-refractivity contribution in [2.24, 2.45) is 0 Å². The van der Waals surface area contributed by atoms with Crippen molar-refractivity contribution >= 4 is 17.6 Å². The van der Waals surface area contributed by atoms with Crippen LogP contribution < -0.4 is 11.1 Å². The zero-order valence-corrected chi connectivity index (χ0v) is 9.96. The summed E-state index contributed by atoms with van der Waals surface area (Å²) in [4.78, 5) is 11.3. The number of ether oxygens (including phenoxy) is 1. The zero-order valence-electron chi connectivity index (χ0n) is 9.96. The van der Waals surface area contributed by atoms with Crippen LogP contribution in [-0.4, -0.2) is 22.5 Å². The molecular formula is C12H14N4O2. The molecule has 1 heterocycles. The van der Waals surface area contributed by atoms with E-state index in [1.807, 2.05) is 30.3 Å². The molecule has 0 saturated heterocycles. The van der Waals surface area contributed by atoms with Crippen LogP contribution in [0.4, 0.5) is 16.3 Å². The molecule has 0 fully saturated rings. The van der Waals surface area contributed by atoms with Gasteiger partial charge < -0.3 is 10.5 Å². The van der Waals surface area contributed by atoms with Crippen LogP contribution >= 0.6 is 0 Å². The van der Waals surface area contributed by atoms with E-state index in [1.54, 1.807) is 11.6 Å². The topological polar surface area (TPSA) is 82.2 Å². The second-order valence-corrected chi connectivity index (χ2v) is 3.54. The van der Waals surface area contributed by atoms with Gasteiger partial charge in [0.05, 0.1) is 18.5 Å². The van der Waals surface area contributed by atoms with Gasteiger partial charge in [-0.3, -0.25) is 5.32 Å². The number of para-hydroxylation sites is 1. The van der Waals surface area contributed by atoms with Gasteiger partial charge in [-0.25, -0.2) is 9.48 Å². The van der Waals surface area contributed by atoms with Crippen LogP contribution in [0.1, 0.15) is 6.92 Å². The Morgan fingerprint density at radius 1 is 1.44 bits per heavy atom. The summed E-state index contributed by atoms with van der Waals surface area (Å²) in [5, 5.41) is 6.65. The lowest BCUT2D eigenvalue weighted by atomic mass is 10.3. The van der Waals surface area contributed by atoms with Crippen molar-refractivity contribution in [2.45, 2.75) is 6.92 Å². The van der Waals surface area contributed by atoms with Crippen molar-refractivity contribution < 1.29 is 9.53 Å². The zero-order chi connectivity index (χ0) is 13.0. The van der Waals surface area contributed by atoms with Gasteiger partial charge in [-0.2, -0.15) is 5.10 Å². The molecule has 0 radical (unpaired) electrons. The van der Waals surface area contributed by atoms with Gasteiger partial charge in [0.15, 0.2) is 5.82 Å². The Balaban J connectivity index is 2.22. The number of hydrogen-bond donors (Lipinski definition) is 2. The molecule has 2 rings (SSSR count). The molecule has 2 aromatic rings. The number of nitrogens with one attached hydrogen (secondary N) is 1. The van der Waals surface area contributed by atoms with Gasteiger partial charge in [-0.1, -0.05) is 18.2 Å². The smallest absolute Gasteiger partial charge is 0.411 e. The fraction of sp³-hybridized carbons (Fsp3) is 0.167. The number of amides is 1. The summed E-state index contributed by atoms with van der Waals surface area (Å²) >= 11 is 0. The lowest BCUT2D eigenvalue weighted by molar-refractivity contribution is 0.168. The summed E-state index contributed by atoms with van der Waals surface area (Å²) in [5.41, 5.74) is 7.16. The molecule has 0 atom stereocenters. The molecule has 0 bridgehead atoms. The number of aromatic nitrogens is 2. The minimum Gasteiger partial charge on any atom is -0.450 e. The predicted octanol–water partition coefficient (Wildman–Crippen LogP) is 2.02. The van der Waals surface area contributed by atoms with Crippen molar-refractivity contribution in [3.8, 4) is 5.69 Å². The number of benzene rings is 1. The molecule has 0 aliphatic carbocycles. The molecule has 0 unspecified atom stereocenters. The minimum atomic E-state index is -0.545. The fourth-order valence-electron chi connectivity index (χ4n) is 1.51. The first kappa shape index (κ1) is 12.0. The lowest BCUT2D eigenvalue weighted by Crippen LogP contribution is -2.14. The van der Waals surface area contributed by atoms with E-state index in [-0.39, 0.29) is 0 Å². The van der Waals surface area contributed by atoms with E-state index in [9.17, 15) is 4.79 Å². The highest BCUT2D eigenvalue weighted by molar-refractivity contribution is 5.88. The van der Waals surface area contributed by atoms with Crippen molar-refractivity contribution in [1.82, 2.24) is 9.78 Å². The Labute approximate surface area is 104 Å². The highest BCUT2D eigenvalue weighted by Gasteiger charge is 2.11. The first-order valence-corrected chi connectivity index (χ1v) is 5.55. The molecule has 0 aliphatic heterocycles. The molecule has 18 heavy (non-hydrogen) atoms. The maximum absolute atomic E-state index is 11.3. The maximum atomic E-state index is 11.3. The Hall–Kier alpha value is -2.50. The van der Waals surface area contributed by atoms with Gasteiger partial charge in [0.2, 0.25) is 0 Å². The molecule has 1 aromatic carbocycles. The first-order chi connectivity index (χ1) is 8.72. The number of nitrogens with two attached hydrogens (primary N) is 1. The number of nitrogens with zero attached hydrogens (tertiary/aromatic N) is 2. The van der Waals surface area contributed by atoms with Gasteiger partial charge in [0.1, 0.15) is 5.69 Å². The van der Waals surface area contributed by atoms with Crippen LogP contribution in [0.3, 0.4) is 0 Å². The van der Waals surface area contributed by atoms with E-state index in [4.69, 9.17) is 10.5 Å². The SMILES string of the molecule is CCOC(=O)Nc1cnn(-c2ccccc2)c1N. The predicted molar refractivity (Wildman–Crippen MR) is 68.6 cm³/mol. The molecule has 3 N–H and O–H groups in total. The van der Waals surface area contributed by atoms with Crippen LogP contribution in [0.2, 0.25) is 0 Å². The van der Waals surface area contributed by atoms with Gasteiger partial charge in [0.25, 0.3) is 0 Å². The maximum Gasteiger partial charge on any atom is 0.411 e. The van der Waals surface area contributed by atoms with E-state index in [0.29, 0.717) is 18.1 Å². The minimum absolute atomic E-state index is 0.304. The molecule has 6 nitrogen and oxygen atoms in total. The third kappa shape index (κ3) is 2.42. The molecule has 6 heteroatoms. The number of nitrogen functional groups attached to an aromatic ring is 1. The Kier molecular flexibility index (Phi) is 3.47. The van der Waals surface area contributed by atoms with Gasteiger partial charge in [0, 0.05) is 0 Å². The van der Waals surface area contributed by atoms with E-state index in [2.05, 4.69) is 10.4 Å². The average Bonchev–Trinajstić information content (AvgIpc) is 2.72. The number of rotatable bonds is 3. The third-order valence-corrected chi connectivity index (χ3v) is 2.32. The second-order valence-electron chi connectivity index (χ2n) is 3.54. The number of hydrogen-bond acceptors (Lipinski definition) is 4. The largest absolute Gasteiger partial charge is 0.450 e. The van der Waals surface area contributed by atoms with Crippen LogP contribution in [-0.2, 0) is 4.74 Å². The molecule has 0 spiro atoms. The van der Waals surface area contributed by atoms with E-state index >= 15 is 0 Å². The Morgan fingerprint density at radius 3 is 2.83 bits per heavy atom. The monoisotopic (exact) mass is 246 g/mol. The van der Waals surface area contributed by atoms with Crippen molar-refractivity contribution in [2.75, 3.05) is 17.7 Å². The van der Waals surface area contributed by atoms with Crippen LogP contribution in [0.5, 0.6) is 0 Å². The lowest BCUT2D eigenvalue weighted by Gasteiger charge is -2.06. The summed E-state index contributed by atoms with van der Waals surface area (Å²) in [7, 11) is 0. The number of carbonyl (C=O) groups is 1. The van der Waals surface area contributed by atoms with Crippen molar-refractivity contribution in [1.29, 1.82) is 0 Å². The van der Waals surface area contributed by atoms with Crippen LogP contribution in [0, 0.1) is 0 Å². The molecule has 0 aliphatic rings. The standard InChI is InChI=1S/C12H14N4O2/c1-2-18-12(17)15-10-8-14-16(11(10)13)9-6-4-3-5-7-9/h3-8H,2,13H2,1H3,(H,15,17). The average molecular weight is 246 g/mol. The van der Waals surface area contributed by atoms with Crippen LogP contribution in [0.15, 0.2) is 36.5 Å². The number of carbonyl (C=O) groups excluding carboxylic acids is 1. The normalized spacial score (nSPS) is 10.1. The molecule has 1 aromatic heterocycles. The van der Waals surface area contributed by atoms with Crippen LogP contribution in [0.25, 0.3) is 5.69 Å². The summed E-state index contributed by atoms with van der Waals surface area (Å²) in [6.07, 6.45) is 0.941. The first-order valence-electron chi connectivity index (χ1n) is 5.55. The summed E-state index contributed by atoms with van der Waals surface area (Å²) in [6.45, 7) is 2.04. The van der Waals surface area contributed by atoms with E-state index in [1.165, 1.54) is 6.20 Å². The van der Waals surface area contributed by atoms with E-state index in [0.717, 1.165) is 5.69 Å². The Morgan fingerprint density at radius 2 is 2.17 bits per heavy atom. The molecular weight excluding hydrogens is 232 g/mol. The summed E-state index contributed by atoms with van der Waals surface area (Å²) in [6, 6.07) is 9.42.